The molecule has 0 radical (unpaired) electrons. The van der Waals surface area contributed by atoms with Crippen molar-refractivity contribution in [3.63, 3.8) is 0 Å². The molecule has 2 aliphatic rings. The summed E-state index contributed by atoms with van der Waals surface area (Å²) in [5.41, 5.74) is 1.64. The third-order valence-electron chi connectivity index (χ3n) is 3.88. The molecule has 3 rings (SSSR count). The largest absolute Gasteiger partial charge is 0.497 e. The van der Waals surface area contributed by atoms with Gasteiger partial charge in [0.25, 0.3) is 0 Å². The number of methoxy groups -OCH3 is 2. The van der Waals surface area contributed by atoms with Crippen LogP contribution in [0.4, 0.5) is 0 Å². The van der Waals surface area contributed by atoms with Gasteiger partial charge in [0.05, 0.1) is 14.2 Å². The van der Waals surface area contributed by atoms with Crippen LogP contribution >= 0.6 is 0 Å². The van der Waals surface area contributed by atoms with E-state index in [1.54, 1.807) is 38.7 Å². The number of allylic oxidation sites excluding steroid dienone is 4. The number of benzene rings is 1. The predicted molar refractivity (Wildman–Crippen MR) is 89.3 cm³/mol. The van der Waals surface area contributed by atoms with Crippen LogP contribution < -0.4 is 9.47 Å². The standard InChI is InChI=1S/C19H20O5/c1-21-15-8-14(9-16(10-15)22-2)19(20)18-12-23-11-17(24-18)13-6-4-3-5-7-13/h3-4,6,8-12,19-20H,5,7H2,1-2H3. The van der Waals surface area contributed by atoms with Crippen molar-refractivity contribution in [3.05, 3.63) is 71.6 Å². The summed E-state index contributed by atoms with van der Waals surface area (Å²) in [6, 6.07) is 5.21. The van der Waals surface area contributed by atoms with Gasteiger partial charge in [-0.2, -0.15) is 0 Å². The Morgan fingerprint density at radius 2 is 1.83 bits per heavy atom. The van der Waals surface area contributed by atoms with E-state index in [1.807, 2.05) is 12.2 Å². The van der Waals surface area contributed by atoms with Crippen LogP contribution in [-0.4, -0.2) is 19.3 Å². The van der Waals surface area contributed by atoms with Crippen LogP contribution in [0, 0.1) is 0 Å². The maximum atomic E-state index is 10.7. The van der Waals surface area contributed by atoms with Crippen molar-refractivity contribution in [1.82, 2.24) is 0 Å². The molecular formula is C19H20O5. The second-order valence-electron chi connectivity index (χ2n) is 5.45. The summed E-state index contributed by atoms with van der Waals surface area (Å²) >= 11 is 0. The maximum Gasteiger partial charge on any atom is 0.172 e. The van der Waals surface area contributed by atoms with Gasteiger partial charge in [-0.25, -0.2) is 0 Å². The van der Waals surface area contributed by atoms with E-state index in [0.29, 0.717) is 28.6 Å². The molecule has 0 fully saturated rings. The molecule has 126 valence electrons. The van der Waals surface area contributed by atoms with Crippen molar-refractivity contribution in [2.45, 2.75) is 18.9 Å². The maximum absolute atomic E-state index is 10.7. The number of hydrogen-bond donors (Lipinski definition) is 1. The van der Waals surface area contributed by atoms with E-state index in [2.05, 4.69) is 6.08 Å². The van der Waals surface area contributed by atoms with Gasteiger partial charge in [0, 0.05) is 6.07 Å². The van der Waals surface area contributed by atoms with Crippen molar-refractivity contribution in [1.29, 1.82) is 0 Å². The summed E-state index contributed by atoms with van der Waals surface area (Å²) in [7, 11) is 3.13. The summed E-state index contributed by atoms with van der Waals surface area (Å²) in [6.07, 6.45) is 9.88. The molecule has 5 nitrogen and oxygen atoms in total. The Bertz CT molecular complexity index is 705. The highest BCUT2D eigenvalue weighted by Gasteiger charge is 2.23. The smallest absolute Gasteiger partial charge is 0.172 e. The monoisotopic (exact) mass is 328 g/mol. The fourth-order valence-corrected chi connectivity index (χ4v) is 2.56. The third kappa shape index (κ3) is 3.46. The number of aliphatic hydroxyl groups is 1. The van der Waals surface area contributed by atoms with Crippen molar-refractivity contribution in [3.8, 4) is 11.5 Å². The molecule has 1 aromatic rings. The summed E-state index contributed by atoms with van der Waals surface area (Å²) < 4.78 is 21.7. The molecule has 1 heterocycles. The lowest BCUT2D eigenvalue weighted by molar-refractivity contribution is 0.112. The van der Waals surface area contributed by atoms with Crippen molar-refractivity contribution < 1.29 is 24.1 Å². The van der Waals surface area contributed by atoms with Gasteiger partial charge >= 0.3 is 0 Å². The first-order valence-corrected chi connectivity index (χ1v) is 7.72. The van der Waals surface area contributed by atoms with E-state index in [4.69, 9.17) is 18.9 Å². The summed E-state index contributed by atoms with van der Waals surface area (Å²) in [6.45, 7) is 0. The van der Waals surface area contributed by atoms with Crippen LogP contribution in [0.3, 0.4) is 0 Å². The Labute approximate surface area is 141 Å². The lowest BCUT2D eigenvalue weighted by Gasteiger charge is -2.23. The lowest BCUT2D eigenvalue weighted by atomic mass is 10.0. The lowest BCUT2D eigenvalue weighted by Crippen LogP contribution is -2.11. The molecule has 0 bridgehead atoms. The van der Waals surface area contributed by atoms with Gasteiger partial charge in [-0.1, -0.05) is 18.2 Å². The Morgan fingerprint density at radius 1 is 1.08 bits per heavy atom. The van der Waals surface area contributed by atoms with Crippen LogP contribution in [0.1, 0.15) is 24.5 Å². The number of aliphatic hydroxyl groups excluding tert-OH is 1. The van der Waals surface area contributed by atoms with E-state index >= 15 is 0 Å². The fraction of sp³-hybridized carbons (Fsp3) is 0.263. The molecule has 1 aromatic carbocycles. The topological polar surface area (TPSA) is 57.2 Å². The highest BCUT2D eigenvalue weighted by Crippen LogP contribution is 2.34. The van der Waals surface area contributed by atoms with Gasteiger partial charge in [0.15, 0.2) is 11.5 Å². The normalized spacial score (nSPS) is 17.7. The Hall–Kier alpha value is -2.66. The summed E-state index contributed by atoms with van der Waals surface area (Å²) in [5, 5.41) is 10.7. The predicted octanol–water partition coefficient (Wildman–Crippen LogP) is 3.74. The molecule has 24 heavy (non-hydrogen) atoms. The molecule has 1 aliphatic carbocycles. The zero-order valence-electron chi connectivity index (χ0n) is 13.7. The zero-order chi connectivity index (χ0) is 16.9. The van der Waals surface area contributed by atoms with E-state index in [-0.39, 0.29) is 0 Å². The molecular weight excluding hydrogens is 308 g/mol. The molecule has 0 aromatic heterocycles. The van der Waals surface area contributed by atoms with Gasteiger partial charge in [-0.3, -0.25) is 0 Å². The average Bonchev–Trinajstić information content (AvgIpc) is 2.67. The highest BCUT2D eigenvalue weighted by molar-refractivity contribution is 5.41. The number of ether oxygens (including phenoxy) is 4. The van der Waals surface area contributed by atoms with Gasteiger partial charge in [-0.15, -0.1) is 0 Å². The third-order valence-corrected chi connectivity index (χ3v) is 3.88. The first-order valence-electron chi connectivity index (χ1n) is 7.72. The molecule has 5 heteroatoms. The Kier molecular flexibility index (Phi) is 4.91. The van der Waals surface area contributed by atoms with Gasteiger partial charge in [0.1, 0.15) is 30.1 Å². The van der Waals surface area contributed by atoms with Gasteiger partial charge in [-0.05, 0) is 36.1 Å². The number of rotatable bonds is 5. The second-order valence-corrected chi connectivity index (χ2v) is 5.45. The molecule has 1 atom stereocenters. The van der Waals surface area contributed by atoms with Crippen LogP contribution in [0.25, 0.3) is 0 Å². The average molecular weight is 328 g/mol. The van der Waals surface area contributed by atoms with Crippen molar-refractivity contribution in [2.75, 3.05) is 14.2 Å². The SMILES string of the molecule is COc1cc(OC)cc(C(O)C2=COC=C(C3=CC=CCC3)O2)c1. The molecule has 0 spiro atoms. The molecule has 1 unspecified atom stereocenters. The Balaban J connectivity index is 1.80. The minimum Gasteiger partial charge on any atom is -0.497 e. The van der Waals surface area contributed by atoms with E-state index < -0.39 is 6.10 Å². The zero-order valence-corrected chi connectivity index (χ0v) is 13.7. The first-order chi connectivity index (χ1) is 11.7. The van der Waals surface area contributed by atoms with E-state index in [1.165, 1.54) is 6.26 Å². The summed E-state index contributed by atoms with van der Waals surface area (Å²) in [4.78, 5) is 0. The van der Waals surface area contributed by atoms with Crippen LogP contribution in [0.5, 0.6) is 11.5 Å². The van der Waals surface area contributed by atoms with Crippen LogP contribution in [-0.2, 0) is 9.47 Å². The highest BCUT2D eigenvalue weighted by atomic mass is 16.6. The second kappa shape index (κ2) is 7.27. The quantitative estimate of drug-likeness (QED) is 0.892. The van der Waals surface area contributed by atoms with Crippen LogP contribution in [0.2, 0.25) is 0 Å². The van der Waals surface area contributed by atoms with Crippen molar-refractivity contribution >= 4 is 0 Å². The molecule has 0 saturated carbocycles. The minimum atomic E-state index is -0.988. The number of hydrogen-bond acceptors (Lipinski definition) is 5. The molecule has 0 saturated heterocycles. The minimum absolute atomic E-state index is 0.318. The van der Waals surface area contributed by atoms with Crippen molar-refractivity contribution in [2.24, 2.45) is 0 Å². The Morgan fingerprint density at radius 3 is 2.46 bits per heavy atom. The van der Waals surface area contributed by atoms with Crippen LogP contribution in [0.15, 0.2) is 66.0 Å². The molecule has 1 aliphatic heterocycles. The molecule has 1 N–H and O–H groups in total. The van der Waals surface area contributed by atoms with Gasteiger partial charge < -0.3 is 24.1 Å². The first kappa shape index (κ1) is 16.2. The fourth-order valence-electron chi connectivity index (χ4n) is 2.56. The summed E-state index contributed by atoms with van der Waals surface area (Å²) in [5.74, 6) is 2.12. The van der Waals surface area contributed by atoms with Gasteiger partial charge in [0.2, 0.25) is 0 Å². The van der Waals surface area contributed by atoms with E-state index in [9.17, 15) is 5.11 Å². The molecule has 0 amide bonds. The van der Waals surface area contributed by atoms with E-state index in [0.717, 1.165) is 18.4 Å².